The number of benzene rings is 1. The topological polar surface area (TPSA) is 17.1 Å². The van der Waals surface area contributed by atoms with Crippen molar-refractivity contribution in [3.05, 3.63) is 32.6 Å². The average Bonchev–Trinajstić information content (AvgIpc) is 1.96. The molecule has 64 valence electrons. The molecule has 0 atom stereocenters. The summed E-state index contributed by atoms with van der Waals surface area (Å²) in [6.07, 6.45) is 0. The highest BCUT2D eigenvalue weighted by molar-refractivity contribution is 14.1. The van der Waals surface area contributed by atoms with Crippen molar-refractivity contribution >= 4 is 28.4 Å². The van der Waals surface area contributed by atoms with E-state index in [4.69, 9.17) is 0 Å². The molecular weight excluding hydrogens is 270 g/mol. The van der Waals surface area contributed by atoms with E-state index in [-0.39, 0.29) is 11.6 Å². The van der Waals surface area contributed by atoms with Gasteiger partial charge in [0.25, 0.3) is 0 Å². The van der Waals surface area contributed by atoms with Gasteiger partial charge in [-0.1, -0.05) is 0 Å². The number of rotatable bonds is 1. The molecule has 0 radical (unpaired) electrons. The first-order valence-corrected chi connectivity index (χ1v) is 4.57. The van der Waals surface area contributed by atoms with E-state index in [1.165, 1.54) is 13.0 Å². The maximum Gasteiger partial charge on any atom is 0.160 e. The SMILES string of the molecule is CC(=O)c1cc(C)cc(F)c1I. The Hall–Kier alpha value is -0.450. The van der Waals surface area contributed by atoms with Gasteiger partial charge in [0, 0.05) is 5.56 Å². The van der Waals surface area contributed by atoms with Crippen LogP contribution in [0.15, 0.2) is 12.1 Å². The van der Waals surface area contributed by atoms with E-state index in [2.05, 4.69) is 0 Å². The zero-order chi connectivity index (χ0) is 9.30. The highest BCUT2D eigenvalue weighted by Gasteiger charge is 2.09. The van der Waals surface area contributed by atoms with Crippen LogP contribution in [0.2, 0.25) is 0 Å². The molecule has 12 heavy (non-hydrogen) atoms. The predicted octanol–water partition coefficient (Wildman–Crippen LogP) is 2.94. The van der Waals surface area contributed by atoms with E-state index < -0.39 is 0 Å². The number of halogens is 2. The molecule has 3 heteroatoms. The standard InChI is InChI=1S/C9H8FIO/c1-5-3-7(6(2)12)9(11)8(10)4-5/h3-4H,1-2H3. The normalized spacial score (nSPS) is 10.0. The molecule has 0 aromatic heterocycles. The zero-order valence-corrected chi connectivity index (χ0v) is 8.98. The molecule has 1 aromatic rings. The van der Waals surface area contributed by atoms with Gasteiger partial charge in [-0.25, -0.2) is 4.39 Å². The monoisotopic (exact) mass is 278 g/mol. The van der Waals surface area contributed by atoms with E-state index in [1.54, 1.807) is 13.0 Å². The van der Waals surface area contributed by atoms with Crippen LogP contribution in [0.5, 0.6) is 0 Å². The van der Waals surface area contributed by atoms with Gasteiger partial charge in [-0.15, -0.1) is 0 Å². The molecule has 0 aliphatic heterocycles. The molecule has 1 nitrogen and oxygen atoms in total. The maximum atomic E-state index is 13.0. The molecule has 0 fully saturated rings. The predicted molar refractivity (Wildman–Crippen MR) is 53.9 cm³/mol. The Morgan fingerprint density at radius 1 is 1.50 bits per heavy atom. The first-order valence-electron chi connectivity index (χ1n) is 3.49. The summed E-state index contributed by atoms with van der Waals surface area (Å²) >= 11 is 1.84. The molecule has 0 amide bonds. The molecule has 0 heterocycles. The van der Waals surface area contributed by atoms with Crippen molar-refractivity contribution in [3.63, 3.8) is 0 Å². The van der Waals surface area contributed by atoms with Gasteiger partial charge in [-0.05, 0) is 54.1 Å². The third-order valence-electron chi connectivity index (χ3n) is 1.55. The maximum absolute atomic E-state index is 13.0. The van der Waals surface area contributed by atoms with Crippen molar-refractivity contribution in [3.8, 4) is 0 Å². The minimum absolute atomic E-state index is 0.0954. The highest BCUT2D eigenvalue weighted by Crippen LogP contribution is 2.18. The first-order chi connectivity index (χ1) is 5.52. The van der Waals surface area contributed by atoms with Crippen molar-refractivity contribution < 1.29 is 9.18 Å². The molecule has 1 rings (SSSR count). The summed E-state index contributed by atoms with van der Waals surface area (Å²) in [6, 6.07) is 3.13. The van der Waals surface area contributed by atoms with Crippen molar-refractivity contribution in [1.82, 2.24) is 0 Å². The third kappa shape index (κ3) is 1.83. The lowest BCUT2D eigenvalue weighted by atomic mass is 10.1. The number of carbonyl (C=O) groups is 1. The van der Waals surface area contributed by atoms with Gasteiger partial charge in [-0.2, -0.15) is 0 Å². The smallest absolute Gasteiger partial charge is 0.160 e. The number of ketones is 1. The van der Waals surface area contributed by atoms with Crippen LogP contribution in [-0.4, -0.2) is 5.78 Å². The summed E-state index contributed by atoms with van der Waals surface area (Å²) in [5.74, 6) is -0.414. The Kier molecular flexibility index (Phi) is 2.82. The number of hydrogen-bond acceptors (Lipinski definition) is 1. The van der Waals surface area contributed by atoms with E-state index >= 15 is 0 Å². The van der Waals surface area contributed by atoms with Crippen LogP contribution >= 0.6 is 22.6 Å². The quantitative estimate of drug-likeness (QED) is 0.570. The molecule has 1 aromatic carbocycles. The van der Waals surface area contributed by atoms with Gasteiger partial charge in [0.2, 0.25) is 0 Å². The molecule has 0 saturated carbocycles. The van der Waals surface area contributed by atoms with Crippen LogP contribution in [0.4, 0.5) is 4.39 Å². The largest absolute Gasteiger partial charge is 0.294 e. The summed E-state index contributed by atoms with van der Waals surface area (Å²) in [5, 5.41) is 0. The van der Waals surface area contributed by atoms with Crippen LogP contribution < -0.4 is 0 Å². The van der Waals surface area contributed by atoms with Gasteiger partial charge in [-0.3, -0.25) is 4.79 Å². The Morgan fingerprint density at radius 2 is 2.08 bits per heavy atom. The Labute approximate surface area is 84.1 Å². The molecule has 0 bridgehead atoms. The summed E-state index contributed by atoms with van der Waals surface area (Å²) in [7, 11) is 0. The van der Waals surface area contributed by atoms with Crippen molar-refractivity contribution in [2.45, 2.75) is 13.8 Å². The molecule has 0 aliphatic carbocycles. The number of hydrogen-bond donors (Lipinski definition) is 0. The van der Waals surface area contributed by atoms with Gasteiger partial charge in [0.1, 0.15) is 5.82 Å². The summed E-state index contributed by atoms with van der Waals surface area (Å²) in [6.45, 7) is 3.21. The zero-order valence-electron chi connectivity index (χ0n) is 6.82. The molecular formula is C9H8FIO. The lowest BCUT2D eigenvalue weighted by molar-refractivity contribution is 0.101. The van der Waals surface area contributed by atoms with Crippen LogP contribution in [0.25, 0.3) is 0 Å². The van der Waals surface area contributed by atoms with E-state index in [0.717, 1.165) is 5.56 Å². The molecule has 0 saturated heterocycles. The van der Waals surface area contributed by atoms with Gasteiger partial charge in [0.15, 0.2) is 5.78 Å². The summed E-state index contributed by atoms with van der Waals surface area (Å²) in [4.78, 5) is 11.0. The molecule has 0 unspecified atom stereocenters. The van der Waals surface area contributed by atoms with Crippen molar-refractivity contribution in [1.29, 1.82) is 0 Å². The van der Waals surface area contributed by atoms with Crippen LogP contribution in [0.1, 0.15) is 22.8 Å². The van der Waals surface area contributed by atoms with E-state index in [0.29, 0.717) is 9.13 Å². The fraction of sp³-hybridized carbons (Fsp3) is 0.222. The van der Waals surface area contributed by atoms with E-state index in [9.17, 15) is 9.18 Å². The fourth-order valence-electron chi connectivity index (χ4n) is 0.981. The molecule has 0 N–H and O–H groups in total. The first kappa shape index (κ1) is 9.64. The second kappa shape index (κ2) is 3.51. The van der Waals surface area contributed by atoms with Crippen LogP contribution in [0.3, 0.4) is 0 Å². The van der Waals surface area contributed by atoms with Crippen molar-refractivity contribution in [2.75, 3.05) is 0 Å². The Morgan fingerprint density at radius 3 is 2.58 bits per heavy atom. The minimum Gasteiger partial charge on any atom is -0.294 e. The third-order valence-corrected chi connectivity index (χ3v) is 2.65. The average molecular weight is 278 g/mol. The molecule has 0 aliphatic rings. The minimum atomic E-state index is -0.319. The van der Waals surface area contributed by atoms with Gasteiger partial charge in [0.05, 0.1) is 3.57 Å². The number of carbonyl (C=O) groups excluding carboxylic acids is 1. The van der Waals surface area contributed by atoms with Crippen LogP contribution in [0, 0.1) is 16.3 Å². The Bertz CT molecular complexity index is 334. The molecule has 0 spiro atoms. The fourth-order valence-corrected chi connectivity index (χ4v) is 1.67. The lowest BCUT2D eigenvalue weighted by Crippen LogP contribution is -1.99. The van der Waals surface area contributed by atoms with Crippen molar-refractivity contribution in [2.24, 2.45) is 0 Å². The van der Waals surface area contributed by atoms with E-state index in [1.807, 2.05) is 22.6 Å². The highest BCUT2D eigenvalue weighted by atomic mass is 127. The number of aryl methyl sites for hydroxylation is 1. The van der Waals surface area contributed by atoms with Crippen LogP contribution in [-0.2, 0) is 0 Å². The number of Topliss-reactive ketones (excluding diaryl/α,β-unsaturated/α-hetero) is 1. The summed E-state index contributed by atoms with van der Waals surface area (Å²) in [5.41, 5.74) is 1.24. The second-order valence-corrected chi connectivity index (χ2v) is 3.74. The summed E-state index contributed by atoms with van der Waals surface area (Å²) < 4.78 is 13.4. The van der Waals surface area contributed by atoms with Gasteiger partial charge < -0.3 is 0 Å². The lowest BCUT2D eigenvalue weighted by Gasteiger charge is -2.02. The van der Waals surface area contributed by atoms with Gasteiger partial charge >= 0.3 is 0 Å². The Balaban J connectivity index is 3.37. The second-order valence-electron chi connectivity index (χ2n) is 2.66.